The number of hydrogen-bond donors (Lipinski definition) is 1. The number of hydrogen-bond acceptors (Lipinski definition) is 2. The van der Waals surface area contributed by atoms with Crippen LogP contribution in [0.2, 0.25) is 0 Å². The average Bonchev–Trinajstić information content (AvgIpc) is 2.66. The SMILES string of the molecule is N[C@@H](c1cccs1)C(F)(F)C(F)(F)C(F)(F)F. The normalized spacial score (nSPS) is 16.0. The van der Waals surface area contributed by atoms with Crippen molar-refractivity contribution >= 4 is 11.3 Å². The average molecular weight is 281 g/mol. The maximum absolute atomic E-state index is 13.1. The zero-order valence-corrected chi connectivity index (χ0v) is 8.76. The molecule has 9 heteroatoms. The van der Waals surface area contributed by atoms with Crippen molar-refractivity contribution in [1.29, 1.82) is 0 Å². The Morgan fingerprint density at radius 3 is 1.94 bits per heavy atom. The molecule has 0 saturated carbocycles. The fourth-order valence-electron chi connectivity index (χ4n) is 1.03. The maximum Gasteiger partial charge on any atom is 0.459 e. The molecule has 1 aromatic heterocycles. The molecule has 0 aromatic carbocycles. The Kier molecular flexibility index (Phi) is 3.45. The van der Waals surface area contributed by atoms with Gasteiger partial charge in [0, 0.05) is 4.88 Å². The van der Waals surface area contributed by atoms with Crippen molar-refractivity contribution in [1.82, 2.24) is 0 Å². The van der Waals surface area contributed by atoms with Crippen LogP contribution in [-0.2, 0) is 0 Å². The first-order valence-electron chi connectivity index (χ1n) is 4.13. The van der Waals surface area contributed by atoms with Crippen LogP contribution >= 0.6 is 11.3 Å². The minimum absolute atomic E-state index is 0.445. The molecule has 0 amide bonds. The minimum Gasteiger partial charge on any atom is -0.318 e. The first-order valence-corrected chi connectivity index (χ1v) is 5.01. The highest BCUT2D eigenvalue weighted by Crippen LogP contribution is 2.51. The van der Waals surface area contributed by atoms with Gasteiger partial charge in [0.2, 0.25) is 0 Å². The summed E-state index contributed by atoms with van der Waals surface area (Å²) in [6.07, 6.45) is -6.36. The summed E-state index contributed by atoms with van der Waals surface area (Å²) in [5.74, 6) is -11.6. The van der Waals surface area contributed by atoms with Crippen molar-refractivity contribution < 1.29 is 30.7 Å². The van der Waals surface area contributed by atoms with E-state index < -0.39 is 28.9 Å². The van der Waals surface area contributed by atoms with Gasteiger partial charge in [-0.1, -0.05) is 6.07 Å². The topological polar surface area (TPSA) is 26.0 Å². The van der Waals surface area contributed by atoms with Crippen LogP contribution in [0.3, 0.4) is 0 Å². The van der Waals surface area contributed by atoms with Gasteiger partial charge in [-0.3, -0.25) is 0 Å². The second-order valence-electron chi connectivity index (χ2n) is 3.19. The molecule has 0 aliphatic heterocycles. The van der Waals surface area contributed by atoms with Crippen molar-refractivity contribution in [2.24, 2.45) is 5.73 Å². The minimum atomic E-state index is -6.36. The van der Waals surface area contributed by atoms with Gasteiger partial charge < -0.3 is 5.73 Å². The van der Waals surface area contributed by atoms with Gasteiger partial charge >= 0.3 is 18.0 Å². The Bertz CT molecular complexity index is 370. The third kappa shape index (κ3) is 2.25. The van der Waals surface area contributed by atoms with Gasteiger partial charge in [0.15, 0.2) is 0 Å². The molecule has 0 unspecified atom stereocenters. The highest BCUT2D eigenvalue weighted by Gasteiger charge is 2.75. The van der Waals surface area contributed by atoms with Gasteiger partial charge in [0.05, 0.1) is 0 Å². The molecule has 0 spiro atoms. The summed E-state index contributed by atoms with van der Waals surface area (Å²) in [7, 11) is 0. The van der Waals surface area contributed by atoms with Gasteiger partial charge in [0.25, 0.3) is 0 Å². The van der Waals surface area contributed by atoms with Crippen LogP contribution in [0.5, 0.6) is 0 Å². The number of alkyl halides is 7. The smallest absolute Gasteiger partial charge is 0.318 e. The monoisotopic (exact) mass is 281 g/mol. The lowest BCUT2D eigenvalue weighted by atomic mass is 10.0. The number of rotatable bonds is 3. The van der Waals surface area contributed by atoms with Crippen molar-refractivity contribution in [2.75, 3.05) is 0 Å². The van der Waals surface area contributed by atoms with E-state index in [1.165, 1.54) is 11.4 Å². The van der Waals surface area contributed by atoms with Gasteiger partial charge in [0.1, 0.15) is 6.04 Å². The first kappa shape index (κ1) is 14.2. The molecule has 1 heterocycles. The Morgan fingerprint density at radius 2 is 1.59 bits per heavy atom. The van der Waals surface area contributed by atoms with E-state index in [0.29, 0.717) is 11.3 Å². The van der Waals surface area contributed by atoms with E-state index in [1.807, 2.05) is 0 Å². The highest BCUT2D eigenvalue weighted by molar-refractivity contribution is 7.10. The Hall–Kier alpha value is -0.830. The fourth-order valence-corrected chi connectivity index (χ4v) is 1.80. The molecule has 0 radical (unpaired) electrons. The number of nitrogens with two attached hydrogens (primary N) is 1. The Morgan fingerprint density at radius 1 is 1.06 bits per heavy atom. The molecule has 2 N–H and O–H groups in total. The fraction of sp³-hybridized carbons (Fsp3) is 0.500. The second-order valence-corrected chi connectivity index (χ2v) is 4.17. The van der Waals surface area contributed by atoms with Gasteiger partial charge in [-0.05, 0) is 11.4 Å². The largest absolute Gasteiger partial charge is 0.459 e. The molecule has 1 rings (SSSR count). The third-order valence-corrected chi connectivity index (χ3v) is 2.97. The second kappa shape index (κ2) is 4.13. The predicted octanol–water partition coefficient (Wildman–Crippen LogP) is 3.58. The third-order valence-electron chi connectivity index (χ3n) is 2.01. The molecule has 0 fully saturated rings. The van der Waals surface area contributed by atoms with Gasteiger partial charge in [-0.25, -0.2) is 0 Å². The summed E-state index contributed by atoms with van der Waals surface area (Å²) in [5.41, 5.74) is 4.78. The predicted molar refractivity (Wildman–Crippen MR) is 47.2 cm³/mol. The summed E-state index contributed by atoms with van der Waals surface area (Å²) < 4.78 is 86.9. The van der Waals surface area contributed by atoms with E-state index >= 15 is 0 Å². The molecule has 1 nitrogen and oxygen atoms in total. The molecular formula is C8H6F7NS. The quantitative estimate of drug-likeness (QED) is 0.842. The van der Waals surface area contributed by atoms with Crippen LogP contribution in [-0.4, -0.2) is 18.0 Å². The first-order chi connectivity index (χ1) is 7.52. The van der Waals surface area contributed by atoms with E-state index in [0.717, 1.165) is 6.07 Å². The van der Waals surface area contributed by atoms with Gasteiger partial charge in [-0.2, -0.15) is 30.7 Å². The van der Waals surface area contributed by atoms with Crippen molar-refractivity contribution in [2.45, 2.75) is 24.1 Å². The molecule has 0 aliphatic rings. The Balaban J connectivity index is 3.11. The van der Waals surface area contributed by atoms with Crippen molar-refractivity contribution in [3.05, 3.63) is 22.4 Å². The molecule has 0 bridgehead atoms. The van der Waals surface area contributed by atoms with E-state index in [-0.39, 0.29) is 0 Å². The Labute approximate surface area is 95.0 Å². The molecule has 0 aliphatic carbocycles. The van der Waals surface area contributed by atoms with E-state index in [9.17, 15) is 30.7 Å². The van der Waals surface area contributed by atoms with E-state index in [2.05, 4.69) is 0 Å². The van der Waals surface area contributed by atoms with E-state index in [4.69, 9.17) is 5.73 Å². The van der Waals surface area contributed by atoms with Crippen molar-refractivity contribution in [3.63, 3.8) is 0 Å². The van der Waals surface area contributed by atoms with Crippen LogP contribution in [0.4, 0.5) is 30.7 Å². The summed E-state index contributed by atoms with van der Waals surface area (Å²) in [6, 6.07) is -0.517. The highest BCUT2D eigenvalue weighted by atomic mass is 32.1. The van der Waals surface area contributed by atoms with Gasteiger partial charge in [-0.15, -0.1) is 11.3 Å². The summed E-state index contributed by atoms with van der Waals surface area (Å²) in [6.45, 7) is 0. The van der Waals surface area contributed by atoms with Crippen LogP contribution < -0.4 is 5.73 Å². The molecule has 17 heavy (non-hydrogen) atoms. The van der Waals surface area contributed by atoms with Crippen LogP contribution in [0, 0.1) is 0 Å². The lowest BCUT2D eigenvalue weighted by Gasteiger charge is -2.31. The maximum atomic E-state index is 13.1. The standard InChI is InChI=1S/C8H6F7NS/c9-6(10,7(11,12)8(13,14)15)5(16)4-2-1-3-17-4/h1-3,5H,16H2/t5-/m0/s1. The lowest BCUT2D eigenvalue weighted by molar-refractivity contribution is -0.359. The molecule has 1 aromatic rings. The molecule has 98 valence electrons. The van der Waals surface area contributed by atoms with Crippen LogP contribution in [0.15, 0.2) is 17.5 Å². The molecule has 1 atom stereocenters. The zero-order valence-electron chi connectivity index (χ0n) is 7.94. The van der Waals surface area contributed by atoms with Crippen LogP contribution in [0.1, 0.15) is 10.9 Å². The number of halogens is 7. The molecular weight excluding hydrogens is 275 g/mol. The zero-order chi connectivity index (χ0) is 13.5. The number of thiophene rings is 1. The summed E-state index contributed by atoms with van der Waals surface area (Å²) in [5, 5.41) is 1.25. The lowest BCUT2D eigenvalue weighted by Crippen LogP contribution is -2.56. The summed E-state index contributed by atoms with van der Waals surface area (Å²) in [4.78, 5) is -0.445. The van der Waals surface area contributed by atoms with E-state index in [1.54, 1.807) is 0 Å². The summed E-state index contributed by atoms with van der Waals surface area (Å²) >= 11 is 0.579. The van der Waals surface area contributed by atoms with Crippen LogP contribution in [0.25, 0.3) is 0 Å². The molecule has 0 saturated heterocycles. The van der Waals surface area contributed by atoms with Crippen molar-refractivity contribution in [3.8, 4) is 0 Å².